The Labute approximate surface area is 229 Å². The Bertz CT molecular complexity index is 1230. The molecule has 0 bridgehead atoms. The van der Waals surface area contributed by atoms with Gasteiger partial charge >= 0.3 is 0 Å². The maximum Gasteiger partial charge on any atom is 0.128 e. The van der Waals surface area contributed by atoms with Gasteiger partial charge < -0.3 is 14.6 Å². The molecule has 0 unspecified atom stereocenters. The van der Waals surface area contributed by atoms with Crippen LogP contribution in [0.4, 0.5) is 0 Å². The first kappa shape index (κ1) is 22.9. The molecule has 0 saturated heterocycles. The Morgan fingerprint density at radius 1 is 0.667 bits per heavy atom. The van der Waals surface area contributed by atoms with Gasteiger partial charge in [0.25, 0.3) is 0 Å². The van der Waals surface area contributed by atoms with Gasteiger partial charge in [0.05, 0.1) is 14.2 Å². The lowest BCUT2D eigenvalue weighted by atomic mass is 9.90. The summed E-state index contributed by atoms with van der Waals surface area (Å²) in [6, 6.07) is 12.3. The van der Waals surface area contributed by atoms with Gasteiger partial charge in [-0.2, -0.15) is 0 Å². The minimum atomic E-state index is 0.237. The van der Waals surface area contributed by atoms with E-state index >= 15 is 0 Å². The molecule has 0 aliphatic carbocycles. The zero-order valence-corrected chi connectivity index (χ0v) is 24.9. The van der Waals surface area contributed by atoms with Crippen LogP contribution in [0.5, 0.6) is 17.2 Å². The highest BCUT2D eigenvalue weighted by atomic mass is 127. The van der Waals surface area contributed by atoms with Gasteiger partial charge in [-0.15, -0.1) is 0 Å². The Kier molecular flexibility index (Phi) is 6.81. The number of ether oxygens (including phenoxy) is 2. The third kappa shape index (κ3) is 3.85. The molecule has 0 fully saturated rings. The van der Waals surface area contributed by atoms with Crippen molar-refractivity contribution in [3.8, 4) is 28.4 Å². The van der Waals surface area contributed by atoms with Crippen LogP contribution in [0.3, 0.4) is 0 Å². The van der Waals surface area contributed by atoms with Crippen molar-refractivity contribution < 1.29 is 14.6 Å². The standard InChI is InChI=1S/C23H16I4O3/c1-10-4-11(24)5-13-15(26)8-18(29-2)22(20(10)13)23-19(30-3)9-16(27)14-6-12(25)7-17(28)21(14)23/h4-9,28H,1-3H3. The number of fused-ring (bicyclic) bond motifs is 2. The molecule has 0 aliphatic rings. The van der Waals surface area contributed by atoms with Crippen molar-refractivity contribution in [3.05, 3.63) is 56.2 Å². The molecule has 4 aromatic rings. The number of hydrogen-bond donors (Lipinski definition) is 1. The molecule has 0 radical (unpaired) electrons. The minimum absolute atomic E-state index is 0.237. The topological polar surface area (TPSA) is 38.7 Å². The first-order valence-electron chi connectivity index (χ1n) is 8.92. The van der Waals surface area contributed by atoms with Crippen LogP contribution in [0.25, 0.3) is 32.7 Å². The highest BCUT2D eigenvalue weighted by Gasteiger charge is 2.24. The van der Waals surface area contributed by atoms with Gasteiger partial charge in [0.2, 0.25) is 0 Å². The van der Waals surface area contributed by atoms with Crippen molar-refractivity contribution in [1.29, 1.82) is 0 Å². The summed E-state index contributed by atoms with van der Waals surface area (Å²) in [6.07, 6.45) is 0. The van der Waals surface area contributed by atoms with Gasteiger partial charge in [0.1, 0.15) is 17.2 Å². The van der Waals surface area contributed by atoms with Crippen LogP contribution in [0, 0.1) is 21.2 Å². The molecule has 0 spiro atoms. The summed E-state index contributed by atoms with van der Waals surface area (Å²) >= 11 is 9.25. The fraction of sp³-hybridized carbons (Fsp3) is 0.130. The average molecular weight is 848 g/mol. The van der Waals surface area contributed by atoms with Gasteiger partial charge in [-0.05, 0) is 150 Å². The monoisotopic (exact) mass is 848 g/mol. The molecule has 0 saturated carbocycles. The van der Waals surface area contributed by atoms with Crippen LogP contribution in [-0.2, 0) is 0 Å². The summed E-state index contributed by atoms with van der Waals surface area (Å²) in [5, 5.41) is 15.1. The van der Waals surface area contributed by atoms with Crippen LogP contribution in [0.2, 0.25) is 0 Å². The normalized spacial score (nSPS) is 11.3. The molecular weight excluding hydrogens is 832 g/mol. The summed E-state index contributed by atoms with van der Waals surface area (Å²) in [5.74, 6) is 1.71. The first-order valence-corrected chi connectivity index (χ1v) is 13.2. The fourth-order valence-electron chi connectivity index (χ4n) is 3.90. The number of aromatic hydroxyl groups is 1. The number of aryl methyl sites for hydroxylation is 1. The van der Waals surface area contributed by atoms with Gasteiger partial charge in [0, 0.05) is 36.2 Å². The maximum atomic E-state index is 11.0. The van der Waals surface area contributed by atoms with E-state index in [-0.39, 0.29) is 5.75 Å². The van der Waals surface area contributed by atoms with Crippen molar-refractivity contribution in [3.63, 3.8) is 0 Å². The summed E-state index contributed by atoms with van der Waals surface area (Å²) in [4.78, 5) is 0. The van der Waals surface area contributed by atoms with Gasteiger partial charge in [-0.25, -0.2) is 0 Å². The van der Waals surface area contributed by atoms with E-state index in [4.69, 9.17) is 9.47 Å². The first-order chi connectivity index (χ1) is 14.3. The Morgan fingerprint density at radius 2 is 1.13 bits per heavy atom. The second-order valence-corrected chi connectivity index (χ2v) is 11.7. The number of phenols is 1. The molecule has 4 rings (SSSR count). The Hall–Kier alpha value is -0.280. The van der Waals surface area contributed by atoms with Crippen molar-refractivity contribution in [2.75, 3.05) is 14.2 Å². The number of phenolic OH excluding ortho intramolecular Hbond substituents is 1. The molecule has 7 heteroatoms. The third-order valence-electron chi connectivity index (χ3n) is 5.10. The van der Waals surface area contributed by atoms with Crippen LogP contribution >= 0.6 is 90.4 Å². The second-order valence-electron chi connectivity index (χ2n) is 6.86. The molecule has 1 N–H and O–H groups in total. The lowest BCUT2D eigenvalue weighted by molar-refractivity contribution is 0.410. The molecule has 0 aromatic heterocycles. The van der Waals surface area contributed by atoms with E-state index in [1.165, 1.54) is 3.57 Å². The lowest BCUT2D eigenvalue weighted by Crippen LogP contribution is -1.99. The molecule has 0 aliphatic heterocycles. The SMILES string of the molecule is COc1cc(I)c2cc(I)cc(C)c2c1-c1c(OC)cc(I)c2cc(I)cc(O)c12. The fourth-order valence-corrected chi connectivity index (χ4v) is 6.70. The van der Waals surface area contributed by atoms with Crippen molar-refractivity contribution in [1.82, 2.24) is 0 Å². The van der Waals surface area contributed by atoms with E-state index in [0.717, 1.165) is 54.7 Å². The highest BCUT2D eigenvalue weighted by Crippen LogP contribution is 2.50. The molecule has 30 heavy (non-hydrogen) atoms. The van der Waals surface area contributed by atoms with Crippen molar-refractivity contribution >= 4 is 112 Å². The van der Waals surface area contributed by atoms with Crippen molar-refractivity contribution in [2.45, 2.75) is 6.92 Å². The van der Waals surface area contributed by atoms with Gasteiger partial charge in [0.15, 0.2) is 0 Å². The molecular formula is C23H16I4O3. The van der Waals surface area contributed by atoms with E-state index in [1.54, 1.807) is 20.3 Å². The molecule has 0 heterocycles. The maximum absolute atomic E-state index is 11.0. The summed E-state index contributed by atoms with van der Waals surface area (Å²) < 4.78 is 16.0. The summed E-state index contributed by atoms with van der Waals surface area (Å²) in [5.41, 5.74) is 2.95. The zero-order valence-electron chi connectivity index (χ0n) is 16.2. The Balaban J connectivity index is 2.32. The molecule has 3 nitrogen and oxygen atoms in total. The number of halogens is 4. The van der Waals surface area contributed by atoms with E-state index in [2.05, 4.69) is 122 Å². The quantitative estimate of drug-likeness (QED) is 0.212. The van der Waals surface area contributed by atoms with Crippen LogP contribution in [-0.4, -0.2) is 19.3 Å². The molecule has 0 amide bonds. The van der Waals surface area contributed by atoms with Crippen LogP contribution < -0.4 is 9.47 Å². The van der Waals surface area contributed by atoms with Gasteiger partial charge in [-0.1, -0.05) is 0 Å². The molecule has 154 valence electrons. The molecule has 4 aromatic carbocycles. The number of benzene rings is 4. The molecule has 0 atom stereocenters. The number of hydrogen-bond acceptors (Lipinski definition) is 3. The second kappa shape index (κ2) is 8.93. The lowest BCUT2D eigenvalue weighted by Gasteiger charge is -2.21. The largest absolute Gasteiger partial charge is 0.507 e. The third-order valence-corrected chi connectivity index (χ3v) is 8.13. The summed E-state index contributed by atoms with van der Waals surface area (Å²) in [6.45, 7) is 2.12. The van der Waals surface area contributed by atoms with E-state index in [9.17, 15) is 5.11 Å². The number of rotatable bonds is 3. The summed E-state index contributed by atoms with van der Waals surface area (Å²) in [7, 11) is 3.36. The minimum Gasteiger partial charge on any atom is -0.507 e. The van der Waals surface area contributed by atoms with E-state index in [0.29, 0.717) is 5.75 Å². The van der Waals surface area contributed by atoms with E-state index < -0.39 is 0 Å². The predicted octanol–water partition coefficient (Wildman–Crippen LogP) is 8.11. The van der Waals surface area contributed by atoms with Crippen LogP contribution in [0.1, 0.15) is 5.56 Å². The number of methoxy groups -OCH3 is 2. The highest BCUT2D eigenvalue weighted by molar-refractivity contribution is 14.1. The Morgan fingerprint density at radius 3 is 1.67 bits per heavy atom. The zero-order chi connectivity index (χ0) is 21.7. The predicted molar refractivity (Wildman–Crippen MR) is 157 cm³/mol. The van der Waals surface area contributed by atoms with E-state index in [1.807, 2.05) is 6.07 Å². The average Bonchev–Trinajstić information content (AvgIpc) is 2.68. The van der Waals surface area contributed by atoms with Crippen molar-refractivity contribution in [2.24, 2.45) is 0 Å². The smallest absolute Gasteiger partial charge is 0.128 e. The van der Waals surface area contributed by atoms with Gasteiger partial charge in [-0.3, -0.25) is 0 Å². The van der Waals surface area contributed by atoms with Crippen LogP contribution in [0.15, 0.2) is 36.4 Å².